The van der Waals surface area contributed by atoms with E-state index in [1.165, 1.54) is 19.2 Å². The first-order chi connectivity index (χ1) is 10.1. The molecule has 9 nitrogen and oxygen atoms in total. The molecular formula is C11H15N3O6S2. The van der Waals surface area contributed by atoms with Gasteiger partial charge in [0, 0.05) is 12.1 Å². The predicted molar refractivity (Wildman–Crippen MR) is 80.0 cm³/mol. The van der Waals surface area contributed by atoms with Gasteiger partial charge in [-0.05, 0) is 25.6 Å². The Kier molecular flexibility index (Phi) is 4.40. The topological polar surface area (TPSA) is 135 Å². The van der Waals surface area contributed by atoms with Crippen LogP contribution in [0.15, 0.2) is 23.1 Å². The number of benzene rings is 1. The van der Waals surface area contributed by atoms with Crippen molar-refractivity contribution in [3.63, 3.8) is 0 Å². The third-order valence-electron chi connectivity index (χ3n) is 3.34. The highest BCUT2D eigenvalue weighted by Gasteiger charge is 2.30. The summed E-state index contributed by atoms with van der Waals surface area (Å²) < 4.78 is 48.3. The van der Waals surface area contributed by atoms with Crippen molar-refractivity contribution in [2.45, 2.75) is 17.4 Å². The van der Waals surface area contributed by atoms with Gasteiger partial charge >= 0.3 is 0 Å². The molecule has 0 unspecified atom stereocenters. The zero-order valence-corrected chi connectivity index (χ0v) is 13.3. The average molecular weight is 349 g/mol. The summed E-state index contributed by atoms with van der Waals surface area (Å²) in [7, 11) is -5.71. The van der Waals surface area contributed by atoms with Crippen molar-refractivity contribution >= 4 is 31.2 Å². The van der Waals surface area contributed by atoms with Crippen molar-refractivity contribution in [2.75, 3.05) is 23.9 Å². The molecule has 1 atom stereocenters. The first-order valence-corrected chi connectivity index (χ1v) is 9.64. The SMILES string of the molecule is CNS(=O)(=O)c1ccc(N[C@@H]2CCS(=O)(=O)C2)c([N+](=O)[O-])c1. The molecule has 11 heteroatoms. The lowest BCUT2D eigenvalue weighted by Gasteiger charge is -2.13. The van der Waals surface area contributed by atoms with E-state index in [1.54, 1.807) is 0 Å². The Morgan fingerprint density at radius 3 is 2.55 bits per heavy atom. The van der Waals surface area contributed by atoms with Crippen molar-refractivity contribution in [1.29, 1.82) is 0 Å². The summed E-state index contributed by atoms with van der Waals surface area (Å²) >= 11 is 0. The minimum atomic E-state index is -3.79. The molecule has 0 amide bonds. The quantitative estimate of drug-likeness (QED) is 0.568. The van der Waals surface area contributed by atoms with Crippen LogP contribution in [0.1, 0.15) is 6.42 Å². The van der Waals surface area contributed by atoms with Crippen LogP contribution in [0.4, 0.5) is 11.4 Å². The number of hydrogen-bond donors (Lipinski definition) is 2. The zero-order valence-electron chi connectivity index (χ0n) is 11.6. The van der Waals surface area contributed by atoms with Crippen LogP contribution < -0.4 is 10.0 Å². The number of nitro benzene ring substituents is 1. The summed E-state index contributed by atoms with van der Waals surface area (Å²) in [4.78, 5) is 10.2. The van der Waals surface area contributed by atoms with Gasteiger partial charge in [0.05, 0.1) is 21.3 Å². The molecule has 0 aliphatic carbocycles. The lowest BCUT2D eigenvalue weighted by atomic mass is 10.2. The molecule has 1 saturated heterocycles. The number of sulfonamides is 1. The van der Waals surface area contributed by atoms with E-state index in [-0.39, 0.29) is 22.1 Å². The molecule has 1 fully saturated rings. The van der Waals surface area contributed by atoms with E-state index < -0.39 is 36.5 Å². The normalized spacial score (nSPS) is 20.7. The number of nitro groups is 1. The van der Waals surface area contributed by atoms with Gasteiger partial charge in [-0.25, -0.2) is 21.6 Å². The van der Waals surface area contributed by atoms with E-state index in [2.05, 4.69) is 10.0 Å². The van der Waals surface area contributed by atoms with E-state index in [0.717, 1.165) is 6.07 Å². The summed E-state index contributed by atoms with van der Waals surface area (Å²) in [5.74, 6) is -0.0641. The standard InChI is InChI=1S/C11H15N3O6S2/c1-12-22(19,20)9-2-3-10(11(6-9)14(15)16)13-8-4-5-21(17,18)7-8/h2-3,6,8,12-13H,4-5,7H2,1H3/t8-/m1/s1. The molecule has 2 rings (SSSR count). The van der Waals surface area contributed by atoms with Crippen LogP contribution in [-0.4, -0.2) is 46.4 Å². The Labute approximate surface area is 127 Å². The molecule has 1 heterocycles. The Morgan fingerprint density at radius 1 is 1.36 bits per heavy atom. The maximum atomic E-state index is 11.7. The lowest BCUT2D eigenvalue weighted by molar-refractivity contribution is -0.384. The minimum Gasteiger partial charge on any atom is -0.376 e. The monoisotopic (exact) mass is 349 g/mol. The summed E-state index contributed by atoms with van der Waals surface area (Å²) in [5.41, 5.74) is -0.317. The molecule has 2 N–H and O–H groups in total. The molecule has 1 aromatic rings. The lowest BCUT2D eigenvalue weighted by Crippen LogP contribution is -2.22. The van der Waals surface area contributed by atoms with Crippen LogP contribution in [0.5, 0.6) is 0 Å². The molecule has 0 saturated carbocycles. The van der Waals surface area contributed by atoms with Gasteiger partial charge in [0.1, 0.15) is 5.69 Å². The molecule has 0 aromatic heterocycles. The second-order valence-electron chi connectivity index (χ2n) is 4.89. The smallest absolute Gasteiger partial charge is 0.293 e. The van der Waals surface area contributed by atoms with Crippen molar-refractivity contribution in [2.24, 2.45) is 0 Å². The van der Waals surface area contributed by atoms with Crippen LogP contribution in [0.3, 0.4) is 0 Å². The van der Waals surface area contributed by atoms with Crippen molar-refractivity contribution in [1.82, 2.24) is 4.72 Å². The van der Waals surface area contributed by atoms with Crippen LogP contribution in [0.2, 0.25) is 0 Å². The van der Waals surface area contributed by atoms with E-state index in [1.807, 2.05) is 0 Å². The molecule has 1 aliphatic rings. The molecule has 122 valence electrons. The first-order valence-electron chi connectivity index (χ1n) is 6.33. The van der Waals surface area contributed by atoms with Gasteiger partial charge in [-0.1, -0.05) is 0 Å². The predicted octanol–water partition coefficient (Wildman–Crippen LogP) is 0.102. The fraction of sp³-hybridized carbons (Fsp3) is 0.455. The molecule has 0 bridgehead atoms. The van der Waals surface area contributed by atoms with Gasteiger partial charge in [0.2, 0.25) is 10.0 Å². The van der Waals surface area contributed by atoms with Crippen LogP contribution in [0, 0.1) is 10.1 Å². The number of sulfone groups is 1. The summed E-state index contributed by atoms with van der Waals surface area (Å²) in [6, 6.07) is 3.02. The molecular weight excluding hydrogens is 334 g/mol. The maximum absolute atomic E-state index is 11.7. The highest BCUT2D eigenvalue weighted by molar-refractivity contribution is 7.91. The van der Waals surface area contributed by atoms with E-state index in [0.29, 0.717) is 6.42 Å². The van der Waals surface area contributed by atoms with E-state index in [9.17, 15) is 26.9 Å². The van der Waals surface area contributed by atoms with Crippen LogP contribution in [-0.2, 0) is 19.9 Å². The summed E-state index contributed by atoms with van der Waals surface area (Å²) in [6.07, 6.45) is 0.357. The molecule has 1 aliphatic heterocycles. The van der Waals surface area contributed by atoms with Gasteiger partial charge in [-0.2, -0.15) is 0 Å². The molecule has 0 spiro atoms. The summed E-state index contributed by atoms with van der Waals surface area (Å²) in [5, 5.41) is 13.9. The number of hydrogen-bond acceptors (Lipinski definition) is 7. The molecule has 0 radical (unpaired) electrons. The fourth-order valence-electron chi connectivity index (χ4n) is 2.20. The Hall–Kier alpha value is -1.72. The van der Waals surface area contributed by atoms with Crippen LogP contribution >= 0.6 is 0 Å². The number of rotatable bonds is 5. The highest BCUT2D eigenvalue weighted by Crippen LogP contribution is 2.29. The maximum Gasteiger partial charge on any atom is 0.293 e. The van der Waals surface area contributed by atoms with Crippen molar-refractivity contribution in [3.8, 4) is 0 Å². The number of anilines is 1. The third kappa shape index (κ3) is 3.54. The van der Waals surface area contributed by atoms with Gasteiger partial charge < -0.3 is 5.32 Å². The average Bonchev–Trinajstić information content (AvgIpc) is 2.78. The highest BCUT2D eigenvalue weighted by atomic mass is 32.2. The fourth-order valence-corrected chi connectivity index (χ4v) is 4.62. The Balaban J connectivity index is 2.35. The second-order valence-corrected chi connectivity index (χ2v) is 9.00. The van der Waals surface area contributed by atoms with Gasteiger partial charge in [0.25, 0.3) is 5.69 Å². The van der Waals surface area contributed by atoms with Gasteiger partial charge in [-0.3, -0.25) is 10.1 Å². The number of nitrogens with zero attached hydrogens (tertiary/aromatic N) is 1. The minimum absolute atomic E-state index is 0.0324. The first kappa shape index (κ1) is 16.6. The Bertz CT molecular complexity index is 803. The van der Waals surface area contributed by atoms with Crippen molar-refractivity contribution in [3.05, 3.63) is 28.3 Å². The number of nitrogens with one attached hydrogen (secondary N) is 2. The zero-order chi connectivity index (χ0) is 16.5. The molecule has 22 heavy (non-hydrogen) atoms. The summed E-state index contributed by atoms with van der Waals surface area (Å²) in [6.45, 7) is 0. The van der Waals surface area contributed by atoms with Gasteiger partial charge in [0.15, 0.2) is 9.84 Å². The molecule has 1 aromatic carbocycles. The van der Waals surface area contributed by atoms with Gasteiger partial charge in [-0.15, -0.1) is 0 Å². The second kappa shape index (κ2) is 5.82. The van der Waals surface area contributed by atoms with Crippen molar-refractivity contribution < 1.29 is 21.8 Å². The third-order valence-corrected chi connectivity index (χ3v) is 6.52. The van der Waals surface area contributed by atoms with E-state index in [4.69, 9.17) is 0 Å². The van der Waals surface area contributed by atoms with Crippen LogP contribution in [0.25, 0.3) is 0 Å². The Morgan fingerprint density at radius 2 is 2.05 bits per heavy atom. The largest absolute Gasteiger partial charge is 0.376 e. The van der Waals surface area contributed by atoms with E-state index >= 15 is 0 Å².